The molecular weight excluding hydrogens is 500 g/mol. The molecule has 11 nitrogen and oxygen atoms in total. The van der Waals surface area contributed by atoms with Gasteiger partial charge in [-0.2, -0.15) is 5.10 Å². The fraction of sp³-hybridized carbons (Fsp3) is 0.440. The van der Waals surface area contributed by atoms with Crippen LogP contribution in [0, 0.1) is 11.8 Å². The summed E-state index contributed by atoms with van der Waals surface area (Å²) < 4.78 is 22.3. The topological polar surface area (TPSA) is 136 Å². The third-order valence-electron chi connectivity index (χ3n) is 4.76. The molecule has 202 valence electrons. The summed E-state index contributed by atoms with van der Waals surface area (Å²) >= 11 is 5.85. The minimum Gasteiger partial charge on any atom is -0.492 e. The highest BCUT2D eigenvalue weighted by atomic mass is 35.5. The van der Waals surface area contributed by atoms with Gasteiger partial charge in [0.15, 0.2) is 5.15 Å². The average Bonchev–Trinajstić information content (AvgIpc) is 2.87. The van der Waals surface area contributed by atoms with E-state index in [-0.39, 0.29) is 10.7 Å². The standard InChI is InChI=1S/C15H19ClN4O3.C10H16N2O2/c1-10(8-22-3)9-23-11-4-5-14(17-7-11)18-12-6-13(16)19-20(2)15(12)21;1-8(6-13-2)7-14-9-3-4-10(11)12-5-9/h4-7,10H,8-9H2,1-3H3,(H,17,18);3-5,8H,6-7H2,1-2H3,(H2,11,12)/t10-;8-/m00/s1. The van der Waals surface area contributed by atoms with Crippen molar-refractivity contribution in [3.63, 3.8) is 0 Å². The van der Waals surface area contributed by atoms with Crippen molar-refractivity contribution in [3.8, 4) is 11.5 Å². The fourth-order valence-electron chi connectivity index (χ4n) is 2.96. The summed E-state index contributed by atoms with van der Waals surface area (Å²) in [5.74, 6) is 3.07. The van der Waals surface area contributed by atoms with Gasteiger partial charge in [0.2, 0.25) is 0 Å². The summed E-state index contributed by atoms with van der Waals surface area (Å²) in [6.45, 7) is 6.61. The zero-order valence-electron chi connectivity index (χ0n) is 21.8. The number of pyridine rings is 2. The first-order valence-corrected chi connectivity index (χ1v) is 12.0. The van der Waals surface area contributed by atoms with E-state index >= 15 is 0 Å². The molecular formula is C25H35ClN6O5. The lowest BCUT2D eigenvalue weighted by molar-refractivity contribution is 0.127. The van der Waals surface area contributed by atoms with Crippen molar-refractivity contribution >= 4 is 28.9 Å². The average molecular weight is 535 g/mol. The van der Waals surface area contributed by atoms with E-state index in [1.165, 1.54) is 17.8 Å². The van der Waals surface area contributed by atoms with E-state index in [1.807, 2.05) is 13.0 Å². The summed E-state index contributed by atoms with van der Waals surface area (Å²) in [6, 6.07) is 8.49. The first-order valence-electron chi connectivity index (χ1n) is 11.6. The lowest BCUT2D eigenvalue weighted by atomic mass is 10.2. The molecule has 0 saturated carbocycles. The van der Waals surface area contributed by atoms with E-state index in [2.05, 4.69) is 27.3 Å². The van der Waals surface area contributed by atoms with Crippen molar-refractivity contribution in [2.45, 2.75) is 13.8 Å². The highest BCUT2D eigenvalue weighted by molar-refractivity contribution is 6.29. The van der Waals surface area contributed by atoms with Gasteiger partial charge in [-0.3, -0.25) is 4.79 Å². The van der Waals surface area contributed by atoms with E-state index in [0.29, 0.717) is 61.3 Å². The molecule has 0 aromatic carbocycles. The van der Waals surface area contributed by atoms with Crippen LogP contribution in [0.3, 0.4) is 0 Å². The molecule has 0 aliphatic carbocycles. The zero-order valence-corrected chi connectivity index (χ0v) is 22.6. The van der Waals surface area contributed by atoms with Crippen molar-refractivity contribution < 1.29 is 18.9 Å². The molecule has 0 saturated heterocycles. The Kier molecular flexibility index (Phi) is 12.6. The second-order valence-electron chi connectivity index (χ2n) is 8.48. The van der Waals surface area contributed by atoms with Crippen LogP contribution in [0.4, 0.5) is 17.3 Å². The van der Waals surface area contributed by atoms with Gasteiger partial charge in [-0.1, -0.05) is 25.4 Å². The zero-order chi connectivity index (χ0) is 27.2. The Morgan fingerprint density at radius 2 is 1.51 bits per heavy atom. The predicted molar refractivity (Wildman–Crippen MR) is 144 cm³/mol. The number of nitrogen functional groups attached to an aromatic ring is 1. The van der Waals surface area contributed by atoms with Crippen LogP contribution in [-0.4, -0.2) is 60.4 Å². The molecule has 0 bridgehead atoms. The second-order valence-corrected chi connectivity index (χ2v) is 8.86. The molecule has 0 radical (unpaired) electrons. The quantitative estimate of drug-likeness (QED) is 0.355. The summed E-state index contributed by atoms with van der Waals surface area (Å²) in [5.41, 5.74) is 5.46. The SMILES string of the molecule is COC[C@H](C)COc1ccc(N)nc1.COC[C@H](C)COc1ccc(Nc2cc(Cl)nn(C)c2=O)nc1. The van der Waals surface area contributed by atoms with E-state index in [9.17, 15) is 4.79 Å². The van der Waals surface area contributed by atoms with E-state index in [1.54, 1.807) is 44.8 Å². The molecule has 0 amide bonds. The van der Waals surface area contributed by atoms with Crippen LogP contribution in [0.25, 0.3) is 0 Å². The summed E-state index contributed by atoms with van der Waals surface area (Å²) in [7, 11) is 4.88. The number of hydrogen-bond acceptors (Lipinski definition) is 10. The molecule has 2 atom stereocenters. The minimum atomic E-state index is -0.287. The Balaban J connectivity index is 0.000000294. The third-order valence-corrected chi connectivity index (χ3v) is 4.95. The minimum absolute atomic E-state index is 0.224. The number of aromatic nitrogens is 4. The molecule has 3 aromatic rings. The van der Waals surface area contributed by atoms with Gasteiger partial charge in [0, 0.05) is 39.2 Å². The summed E-state index contributed by atoms with van der Waals surface area (Å²) in [6.07, 6.45) is 3.21. The summed E-state index contributed by atoms with van der Waals surface area (Å²) in [5, 5.41) is 6.97. The van der Waals surface area contributed by atoms with Gasteiger partial charge in [-0.15, -0.1) is 0 Å². The number of halogens is 1. The monoisotopic (exact) mass is 534 g/mol. The molecule has 3 heterocycles. The maximum Gasteiger partial charge on any atom is 0.290 e. The second kappa shape index (κ2) is 15.6. The summed E-state index contributed by atoms with van der Waals surface area (Å²) in [4.78, 5) is 20.1. The van der Waals surface area contributed by atoms with Crippen molar-refractivity contribution in [1.82, 2.24) is 19.7 Å². The van der Waals surface area contributed by atoms with Crippen LogP contribution in [0.15, 0.2) is 47.5 Å². The smallest absolute Gasteiger partial charge is 0.290 e. The van der Waals surface area contributed by atoms with E-state index in [0.717, 1.165) is 5.75 Å². The molecule has 0 spiro atoms. The molecule has 0 aliphatic rings. The van der Waals surface area contributed by atoms with Gasteiger partial charge in [-0.25, -0.2) is 14.6 Å². The fourth-order valence-corrected chi connectivity index (χ4v) is 3.18. The van der Waals surface area contributed by atoms with Crippen LogP contribution >= 0.6 is 11.6 Å². The van der Waals surface area contributed by atoms with Gasteiger partial charge >= 0.3 is 0 Å². The molecule has 12 heteroatoms. The highest BCUT2D eigenvalue weighted by Gasteiger charge is 2.07. The number of nitrogens with two attached hydrogens (primary N) is 1. The number of hydrogen-bond donors (Lipinski definition) is 2. The number of methoxy groups -OCH3 is 2. The number of nitrogens with one attached hydrogen (secondary N) is 1. The Morgan fingerprint density at radius 1 is 0.946 bits per heavy atom. The number of ether oxygens (including phenoxy) is 4. The molecule has 0 fully saturated rings. The molecule has 3 N–H and O–H groups in total. The molecule has 3 aromatic heterocycles. The van der Waals surface area contributed by atoms with Crippen molar-refractivity contribution in [1.29, 1.82) is 0 Å². The van der Waals surface area contributed by atoms with Gasteiger partial charge in [-0.05, 0) is 24.3 Å². The van der Waals surface area contributed by atoms with E-state index < -0.39 is 0 Å². The van der Waals surface area contributed by atoms with Crippen LogP contribution < -0.4 is 26.1 Å². The first-order chi connectivity index (χ1) is 17.7. The Morgan fingerprint density at radius 3 is 2.00 bits per heavy atom. The number of aryl methyl sites for hydroxylation is 1. The molecule has 0 unspecified atom stereocenters. The largest absolute Gasteiger partial charge is 0.492 e. The number of rotatable bonds is 12. The van der Waals surface area contributed by atoms with Gasteiger partial charge < -0.3 is 30.0 Å². The van der Waals surface area contributed by atoms with Crippen LogP contribution in [0.2, 0.25) is 5.15 Å². The van der Waals surface area contributed by atoms with Gasteiger partial charge in [0.1, 0.15) is 28.8 Å². The van der Waals surface area contributed by atoms with Gasteiger partial charge in [0.05, 0.1) is 38.8 Å². The molecule has 0 aliphatic heterocycles. The highest BCUT2D eigenvalue weighted by Crippen LogP contribution is 2.17. The normalized spacial score (nSPS) is 12.2. The predicted octanol–water partition coefficient (Wildman–Crippen LogP) is 3.56. The number of nitrogens with zero attached hydrogens (tertiary/aromatic N) is 4. The van der Waals surface area contributed by atoms with Crippen LogP contribution in [-0.2, 0) is 16.5 Å². The van der Waals surface area contributed by atoms with E-state index in [4.69, 9.17) is 36.3 Å². The lowest BCUT2D eigenvalue weighted by Crippen LogP contribution is -2.22. The van der Waals surface area contributed by atoms with Crippen LogP contribution in [0.5, 0.6) is 11.5 Å². The maximum atomic E-state index is 11.9. The Bertz CT molecular complexity index is 1130. The number of anilines is 3. The van der Waals surface area contributed by atoms with Crippen LogP contribution in [0.1, 0.15) is 13.8 Å². The molecule has 3 rings (SSSR count). The van der Waals surface area contributed by atoms with Crippen molar-refractivity contribution in [3.05, 3.63) is 58.2 Å². The Hall–Kier alpha value is -3.41. The van der Waals surface area contributed by atoms with Crippen molar-refractivity contribution in [2.75, 3.05) is 51.7 Å². The van der Waals surface area contributed by atoms with Gasteiger partial charge in [0.25, 0.3) is 5.56 Å². The lowest BCUT2D eigenvalue weighted by Gasteiger charge is -2.12. The van der Waals surface area contributed by atoms with Crippen molar-refractivity contribution in [2.24, 2.45) is 18.9 Å². The maximum absolute atomic E-state index is 11.9. The third kappa shape index (κ3) is 11.0. The molecule has 37 heavy (non-hydrogen) atoms. The Labute approximate surface area is 221 Å². The first kappa shape index (κ1) is 29.8.